The molecule has 0 unspecified atom stereocenters. The molecule has 1 amide bonds. The summed E-state index contributed by atoms with van der Waals surface area (Å²) in [6.07, 6.45) is 8.52. The molecule has 0 atom stereocenters. The number of likely N-dealkylation sites (N-methyl/N-ethyl adjacent to an activating group) is 1. The molecule has 2 nitrogen and oxygen atoms in total. The van der Waals surface area contributed by atoms with Crippen molar-refractivity contribution >= 4 is 28.8 Å². The van der Waals surface area contributed by atoms with Crippen LogP contribution in [0.4, 0.5) is 5.69 Å². The predicted octanol–water partition coefficient (Wildman–Crippen LogP) is 4.28. The average molecular weight is 276 g/mol. The first-order chi connectivity index (χ1) is 9.16. The van der Waals surface area contributed by atoms with Gasteiger partial charge in [0.05, 0.1) is 5.69 Å². The molecule has 0 radical (unpaired) electrons. The Balaban J connectivity index is 1.98. The van der Waals surface area contributed by atoms with Crippen LogP contribution in [0.5, 0.6) is 0 Å². The van der Waals surface area contributed by atoms with E-state index < -0.39 is 0 Å². The Labute approximate surface area is 119 Å². The molecule has 1 aromatic carbocycles. The molecule has 0 spiro atoms. The zero-order valence-corrected chi connectivity index (χ0v) is 11.9. The molecule has 1 heterocycles. The van der Waals surface area contributed by atoms with Crippen LogP contribution in [0.2, 0.25) is 5.02 Å². The number of nitrogens with zero attached hydrogens (tertiary/aromatic N) is 1. The second-order valence-electron chi connectivity index (χ2n) is 5.50. The van der Waals surface area contributed by atoms with Crippen molar-refractivity contribution in [2.75, 3.05) is 11.9 Å². The number of hydrogen-bond acceptors (Lipinski definition) is 1. The molecule has 3 rings (SSSR count). The molecule has 0 saturated heterocycles. The Morgan fingerprint density at radius 2 is 2.00 bits per heavy atom. The van der Waals surface area contributed by atoms with Gasteiger partial charge in [0.15, 0.2) is 0 Å². The van der Waals surface area contributed by atoms with E-state index >= 15 is 0 Å². The maximum absolute atomic E-state index is 12.4. The SMILES string of the molecule is CN1C(=O)/C(=C/C2CCCCC2)c2ccc(Cl)cc21. The Bertz CT molecular complexity index is 544. The number of halogens is 1. The lowest BCUT2D eigenvalue weighted by molar-refractivity contribution is -0.112. The predicted molar refractivity (Wildman–Crippen MR) is 79.4 cm³/mol. The van der Waals surface area contributed by atoms with Crippen molar-refractivity contribution < 1.29 is 4.79 Å². The summed E-state index contributed by atoms with van der Waals surface area (Å²) in [6.45, 7) is 0. The third-order valence-corrected chi connectivity index (χ3v) is 4.43. The third-order valence-electron chi connectivity index (χ3n) is 4.20. The first kappa shape index (κ1) is 12.7. The lowest BCUT2D eigenvalue weighted by atomic mass is 9.87. The van der Waals surface area contributed by atoms with Crippen LogP contribution < -0.4 is 4.90 Å². The van der Waals surface area contributed by atoms with Crippen molar-refractivity contribution in [1.82, 2.24) is 0 Å². The summed E-state index contributed by atoms with van der Waals surface area (Å²) in [5.74, 6) is 0.658. The number of hydrogen-bond donors (Lipinski definition) is 0. The Morgan fingerprint density at radius 3 is 2.74 bits per heavy atom. The van der Waals surface area contributed by atoms with Crippen LogP contribution in [-0.4, -0.2) is 13.0 Å². The van der Waals surface area contributed by atoms with Crippen LogP contribution in [0.1, 0.15) is 37.7 Å². The van der Waals surface area contributed by atoms with Crippen molar-refractivity contribution in [2.24, 2.45) is 5.92 Å². The van der Waals surface area contributed by atoms with Crippen molar-refractivity contribution in [1.29, 1.82) is 0 Å². The maximum atomic E-state index is 12.4. The Kier molecular flexibility index (Phi) is 3.36. The average Bonchev–Trinajstić information content (AvgIpc) is 2.65. The van der Waals surface area contributed by atoms with Gasteiger partial charge in [0.1, 0.15) is 0 Å². The molecule has 1 fully saturated rings. The lowest BCUT2D eigenvalue weighted by Crippen LogP contribution is -2.20. The summed E-state index contributed by atoms with van der Waals surface area (Å²) >= 11 is 6.02. The summed E-state index contributed by atoms with van der Waals surface area (Å²) in [5, 5.41) is 0.678. The smallest absolute Gasteiger partial charge is 0.258 e. The van der Waals surface area contributed by atoms with E-state index in [9.17, 15) is 4.79 Å². The molecule has 0 aromatic heterocycles. The number of anilines is 1. The van der Waals surface area contributed by atoms with Crippen molar-refractivity contribution in [2.45, 2.75) is 32.1 Å². The van der Waals surface area contributed by atoms with Gasteiger partial charge in [-0.05, 0) is 30.9 Å². The molecule has 0 bridgehead atoms. The van der Waals surface area contributed by atoms with Crippen LogP contribution in [-0.2, 0) is 4.79 Å². The van der Waals surface area contributed by atoms with Gasteiger partial charge in [0, 0.05) is 23.2 Å². The van der Waals surface area contributed by atoms with Gasteiger partial charge < -0.3 is 4.90 Å². The molecule has 1 aliphatic carbocycles. The van der Waals surface area contributed by atoms with Gasteiger partial charge in [-0.25, -0.2) is 0 Å². The summed E-state index contributed by atoms with van der Waals surface area (Å²) in [4.78, 5) is 14.1. The van der Waals surface area contributed by atoms with E-state index in [1.54, 1.807) is 4.90 Å². The Hall–Kier alpha value is -1.28. The summed E-state index contributed by atoms with van der Waals surface area (Å²) < 4.78 is 0. The number of rotatable bonds is 1. The number of amides is 1. The number of carbonyl (C=O) groups is 1. The fraction of sp³-hybridized carbons (Fsp3) is 0.438. The number of benzene rings is 1. The number of carbonyl (C=O) groups excluding carboxylic acids is 1. The fourth-order valence-electron chi connectivity index (χ4n) is 3.11. The topological polar surface area (TPSA) is 20.3 Å². The van der Waals surface area contributed by atoms with Crippen LogP contribution in [0.3, 0.4) is 0 Å². The zero-order chi connectivity index (χ0) is 13.4. The van der Waals surface area contributed by atoms with Crippen LogP contribution >= 0.6 is 11.6 Å². The molecular weight excluding hydrogens is 258 g/mol. The molecule has 0 N–H and O–H groups in total. The summed E-state index contributed by atoms with van der Waals surface area (Å²) in [6, 6.07) is 5.70. The molecule has 100 valence electrons. The molecule has 3 heteroatoms. The van der Waals surface area contributed by atoms with Crippen molar-refractivity contribution in [3.8, 4) is 0 Å². The van der Waals surface area contributed by atoms with Crippen molar-refractivity contribution in [3.05, 3.63) is 34.9 Å². The minimum atomic E-state index is 0.0999. The second kappa shape index (κ2) is 5.01. The first-order valence-corrected chi connectivity index (χ1v) is 7.34. The Morgan fingerprint density at radius 1 is 1.26 bits per heavy atom. The summed E-state index contributed by atoms with van der Waals surface area (Å²) in [5.41, 5.74) is 2.82. The van der Waals surface area contributed by atoms with E-state index in [2.05, 4.69) is 6.08 Å². The van der Waals surface area contributed by atoms with E-state index in [0.717, 1.165) is 16.8 Å². The van der Waals surface area contributed by atoms with Gasteiger partial charge in [-0.2, -0.15) is 0 Å². The van der Waals surface area contributed by atoms with Crippen molar-refractivity contribution in [3.63, 3.8) is 0 Å². The number of fused-ring (bicyclic) bond motifs is 1. The van der Waals surface area contributed by atoms with Gasteiger partial charge in [-0.1, -0.05) is 43.0 Å². The molecular formula is C16H18ClNO. The quantitative estimate of drug-likeness (QED) is 0.701. The lowest BCUT2D eigenvalue weighted by Gasteiger charge is -2.18. The van der Waals surface area contributed by atoms with Crippen LogP contribution in [0.15, 0.2) is 24.3 Å². The summed E-state index contributed by atoms with van der Waals surface area (Å²) in [7, 11) is 1.82. The van der Waals surface area contributed by atoms with E-state index in [4.69, 9.17) is 11.6 Å². The van der Waals surface area contributed by atoms with Gasteiger partial charge in [-0.15, -0.1) is 0 Å². The maximum Gasteiger partial charge on any atom is 0.258 e. The molecule has 1 aliphatic heterocycles. The normalized spacial score (nSPS) is 22.1. The molecule has 1 aromatic rings. The number of allylic oxidation sites excluding steroid dienone is 1. The fourth-order valence-corrected chi connectivity index (χ4v) is 3.28. The van der Waals surface area contributed by atoms with E-state index in [0.29, 0.717) is 10.9 Å². The standard InChI is InChI=1S/C16H18ClNO/c1-18-15-10-12(17)7-8-13(15)14(16(18)19)9-11-5-3-2-4-6-11/h7-11H,2-6H2,1H3/b14-9+. The highest BCUT2D eigenvalue weighted by Crippen LogP contribution is 2.39. The molecule has 2 aliphatic rings. The highest BCUT2D eigenvalue weighted by Gasteiger charge is 2.30. The minimum absolute atomic E-state index is 0.0999. The van der Waals surface area contributed by atoms with Gasteiger partial charge in [-0.3, -0.25) is 4.79 Å². The highest BCUT2D eigenvalue weighted by molar-refractivity contribution is 6.35. The highest BCUT2D eigenvalue weighted by atomic mass is 35.5. The third kappa shape index (κ3) is 2.30. The van der Waals surface area contributed by atoms with Gasteiger partial charge in [0.25, 0.3) is 5.91 Å². The van der Waals surface area contributed by atoms with E-state index in [1.165, 1.54) is 32.1 Å². The molecule has 1 saturated carbocycles. The minimum Gasteiger partial charge on any atom is -0.311 e. The largest absolute Gasteiger partial charge is 0.311 e. The van der Waals surface area contributed by atoms with Gasteiger partial charge >= 0.3 is 0 Å². The van der Waals surface area contributed by atoms with Crippen LogP contribution in [0, 0.1) is 5.92 Å². The van der Waals surface area contributed by atoms with E-state index in [-0.39, 0.29) is 5.91 Å². The van der Waals surface area contributed by atoms with E-state index in [1.807, 2.05) is 25.2 Å². The second-order valence-corrected chi connectivity index (χ2v) is 5.94. The zero-order valence-electron chi connectivity index (χ0n) is 11.2. The van der Waals surface area contributed by atoms with Gasteiger partial charge in [0.2, 0.25) is 0 Å². The van der Waals surface area contributed by atoms with Crippen LogP contribution in [0.25, 0.3) is 5.57 Å². The first-order valence-electron chi connectivity index (χ1n) is 6.96. The molecule has 19 heavy (non-hydrogen) atoms. The monoisotopic (exact) mass is 275 g/mol.